The quantitative estimate of drug-likeness (QED) is 0.850. The molecule has 0 saturated heterocycles. The van der Waals surface area contributed by atoms with Crippen LogP contribution in [0, 0.1) is 0 Å². The summed E-state index contributed by atoms with van der Waals surface area (Å²) in [6.45, 7) is 3.22. The van der Waals surface area contributed by atoms with Gasteiger partial charge in [0.15, 0.2) is 11.5 Å². The topological polar surface area (TPSA) is 67.2 Å². The van der Waals surface area contributed by atoms with Crippen molar-refractivity contribution >= 4 is 17.1 Å². The minimum atomic E-state index is -0.145. The first-order chi connectivity index (χ1) is 8.79. The first-order valence-electron chi connectivity index (χ1n) is 6.15. The number of fused-ring (bicyclic) bond motifs is 1. The molecule has 0 aliphatic carbocycles. The number of oxazole rings is 1. The van der Waals surface area contributed by atoms with Crippen LogP contribution in [0.5, 0.6) is 0 Å². The molecular weight excluding hydrogens is 230 g/mol. The molecule has 1 aromatic carbocycles. The van der Waals surface area contributed by atoms with Gasteiger partial charge < -0.3 is 15.1 Å². The molecule has 2 N–H and O–H groups in total. The van der Waals surface area contributed by atoms with Gasteiger partial charge in [0.1, 0.15) is 5.52 Å². The lowest BCUT2D eigenvalue weighted by Crippen LogP contribution is -2.36. The number of amides is 2. The third kappa shape index (κ3) is 3.23. The Morgan fingerprint density at radius 1 is 1.28 bits per heavy atom. The second-order valence-electron chi connectivity index (χ2n) is 4.01. The van der Waals surface area contributed by atoms with Crippen LogP contribution in [-0.4, -0.2) is 24.1 Å². The molecule has 0 radical (unpaired) electrons. The number of nitrogens with zero attached hydrogens (tertiary/aromatic N) is 1. The molecule has 0 atom stereocenters. The van der Waals surface area contributed by atoms with Crippen molar-refractivity contribution in [3.63, 3.8) is 0 Å². The van der Waals surface area contributed by atoms with Gasteiger partial charge in [0, 0.05) is 19.5 Å². The van der Waals surface area contributed by atoms with E-state index in [0.717, 1.165) is 17.5 Å². The summed E-state index contributed by atoms with van der Waals surface area (Å²) >= 11 is 0. The summed E-state index contributed by atoms with van der Waals surface area (Å²) in [4.78, 5) is 15.6. The van der Waals surface area contributed by atoms with Gasteiger partial charge >= 0.3 is 6.03 Å². The molecule has 0 aliphatic rings. The Bertz CT molecular complexity index is 489. The zero-order valence-electron chi connectivity index (χ0n) is 10.4. The highest BCUT2D eigenvalue weighted by Gasteiger charge is 2.05. The number of nitrogens with one attached hydrogen (secondary N) is 2. The predicted molar refractivity (Wildman–Crippen MR) is 69.4 cm³/mol. The number of para-hydroxylation sites is 2. The fourth-order valence-electron chi connectivity index (χ4n) is 1.61. The molecule has 96 valence electrons. The number of rotatable bonds is 5. The Kier molecular flexibility index (Phi) is 4.17. The molecule has 1 heterocycles. The largest absolute Gasteiger partial charge is 0.441 e. The Morgan fingerprint density at radius 2 is 2.06 bits per heavy atom. The van der Waals surface area contributed by atoms with Crippen molar-refractivity contribution in [3.8, 4) is 0 Å². The number of urea groups is 1. The molecule has 2 aromatic rings. The normalized spacial score (nSPS) is 10.5. The van der Waals surface area contributed by atoms with Crippen LogP contribution in [0.15, 0.2) is 28.7 Å². The van der Waals surface area contributed by atoms with E-state index < -0.39 is 0 Å². The van der Waals surface area contributed by atoms with E-state index in [9.17, 15) is 4.79 Å². The van der Waals surface area contributed by atoms with Gasteiger partial charge in [0.2, 0.25) is 0 Å². The maximum atomic E-state index is 11.3. The number of carbonyl (C=O) groups is 1. The summed E-state index contributed by atoms with van der Waals surface area (Å²) in [6, 6.07) is 7.48. The monoisotopic (exact) mass is 247 g/mol. The molecule has 1 aromatic heterocycles. The average molecular weight is 247 g/mol. The van der Waals surface area contributed by atoms with Gasteiger partial charge in [-0.25, -0.2) is 9.78 Å². The zero-order valence-corrected chi connectivity index (χ0v) is 10.4. The lowest BCUT2D eigenvalue weighted by molar-refractivity contribution is 0.241. The van der Waals surface area contributed by atoms with Crippen molar-refractivity contribution in [2.75, 3.05) is 13.1 Å². The van der Waals surface area contributed by atoms with Crippen LogP contribution in [-0.2, 0) is 6.42 Å². The third-order valence-corrected chi connectivity index (χ3v) is 2.50. The second-order valence-corrected chi connectivity index (χ2v) is 4.01. The van der Waals surface area contributed by atoms with E-state index in [1.165, 1.54) is 0 Å². The van der Waals surface area contributed by atoms with Crippen LogP contribution < -0.4 is 10.6 Å². The summed E-state index contributed by atoms with van der Waals surface area (Å²) in [5.41, 5.74) is 1.63. The van der Waals surface area contributed by atoms with E-state index in [4.69, 9.17) is 4.42 Å². The number of hydrogen-bond donors (Lipinski definition) is 2. The number of carbonyl (C=O) groups excluding carboxylic acids is 1. The Balaban J connectivity index is 1.81. The molecule has 2 amide bonds. The molecule has 0 fully saturated rings. The van der Waals surface area contributed by atoms with Crippen molar-refractivity contribution in [1.82, 2.24) is 15.6 Å². The van der Waals surface area contributed by atoms with Crippen molar-refractivity contribution in [2.45, 2.75) is 19.8 Å². The molecule has 5 heteroatoms. The van der Waals surface area contributed by atoms with Gasteiger partial charge in [-0.05, 0) is 18.6 Å². The molecule has 0 spiro atoms. The smallest absolute Gasteiger partial charge is 0.314 e. The SMILES string of the molecule is CCCNC(=O)NCCc1nc2ccccc2o1. The Morgan fingerprint density at radius 3 is 2.83 bits per heavy atom. The van der Waals surface area contributed by atoms with E-state index in [1.54, 1.807) is 0 Å². The van der Waals surface area contributed by atoms with E-state index in [0.29, 0.717) is 25.4 Å². The number of benzene rings is 1. The fourth-order valence-corrected chi connectivity index (χ4v) is 1.61. The molecule has 0 aliphatic heterocycles. The van der Waals surface area contributed by atoms with Gasteiger partial charge in [-0.15, -0.1) is 0 Å². The van der Waals surface area contributed by atoms with E-state index in [-0.39, 0.29) is 6.03 Å². The summed E-state index contributed by atoms with van der Waals surface area (Å²) in [6.07, 6.45) is 1.52. The highest BCUT2D eigenvalue weighted by atomic mass is 16.3. The van der Waals surface area contributed by atoms with Gasteiger partial charge in [0.05, 0.1) is 0 Å². The zero-order chi connectivity index (χ0) is 12.8. The summed E-state index contributed by atoms with van der Waals surface area (Å²) in [5.74, 6) is 0.645. The minimum Gasteiger partial charge on any atom is -0.441 e. The molecule has 18 heavy (non-hydrogen) atoms. The molecule has 0 saturated carbocycles. The first-order valence-corrected chi connectivity index (χ1v) is 6.15. The van der Waals surface area contributed by atoms with Crippen molar-refractivity contribution in [1.29, 1.82) is 0 Å². The van der Waals surface area contributed by atoms with Gasteiger partial charge in [-0.3, -0.25) is 0 Å². The van der Waals surface area contributed by atoms with Gasteiger partial charge in [0.25, 0.3) is 0 Å². The molecule has 0 bridgehead atoms. The third-order valence-electron chi connectivity index (χ3n) is 2.50. The van der Waals surface area contributed by atoms with Crippen LogP contribution >= 0.6 is 0 Å². The lowest BCUT2D eigenvalue weighted by Gasteiger charge is -2.04. The molecule has 2 rings (SSSR count). The van der Waals surface area contributed by atoms with Crippen LogP contribution in [0.1, 0.15) is 19.2 Å². The van der Waals surface area contributed by atoms with Crippen molar-refractivity contribution in [2.24, 2.45) is 0 Å². The van der Waals surface area contributed by atoms with Crippen molar-refractivity contribution in [3.05, 3.63) is 30.2 Å². The highest BCUT2D eigenvalue weighted by Crippen LogP contribution is 2.14. The fraction of sp³-hybridized carbons (Fsp3) is 0.385. The van der Waals surface area contributed by atoms with E-state index in [1.807, 2.05) is 31.2 Å². The predicted octanol–water partition coefficient (Wildman–Crippen LogP) is 2.08. The maximum absolute atomic E-state index is 11.3. The van der Waals surface area contributed by atoms with Gasteiger partial charge in [-0.1, -0.05) is 19.1 Å². The van der Waals surface area contributed by atoms with Gasteiger partial charge in [-0.2, -0.15) is 0 Å². The van der Waals surface area contributed by atoms with Crippen LogP contribution in [0.3, 0.4) is 0 Å². The molecular formula is C13H17N3O2. The van der Waals surface area contributed by atoms with E-state index >= 15 is 0 Å². The standard InChI is InChI=1S/C13H17N3O2/c1-2-8-14-13(17)15-9-7-12-16-10-5-3-4-6-11(10)18-12/h3-6H,2,7-9H2,1H3,(H2,14,15,17). The average Bonchev–Trinajstić information content (AvgIpc) is 2.79. The molecule has 0 unspecified atom stereocenters. The lowest BCUT2D eigenvalue weighted by atomic mass is 10.3. The maximum Gasteiger partial charge on any atom is 0.314 e. The minimum absolute atomic E-state index is 0.145. The molecule has 5 nitrogen and oxygen atoms in total. The van der Waals surface area contributed by atoms with Crippen LogP contribution in [0.4, 0.5) is 4.79 Å². The van der Waals surface area contributed by atoms with Crippen molar-refractivity contribution < 1.29 is 9.21 Å². The summed E-state index contributed by atoms with van der Waals surface area (Å²) in [7, 11) is 0. The van der Waals surface area contributed by atoms with Crippen LogP contribution in [0.2, 0.25) is 0 Å². The highest BCUT2D eigenvalue weighted by molar-refractivity contribution is 5.74. The Labute approximate surface area is 106 Å². The number of aromatic nitrogens is 1. The number of hydrogen-bond acceptors (Lipinski definition) is 3. The second kappa shape index (κ2) is 6.05. The Hall–Kier alpha value is -2.04. The summed E-state index contributed by atoms with van der Waals surface area (Å²) < 4.78 is 5.55. The van der Waals surface area contributed by atoms with Crippen LogP contribution in [0.25, 0.3) is 11.1 Å². The first kappa shape index (κ1) is 12.4. The summed E-state index contributed by atoms with van der Waals surface area (Å²) in [5, 5.41) is 5.50. The van der Waals surface area contributed by atoms with E-state index in [2.05, 4.69) is 15.6 Å².